The maximum Gasteiger partial charge on any atom is 0.414 e. The van der Waals surface area contributed by atoms with Gasteiger partial charge in [0.25, 0.3) is 0 Å². The second-order valence-corrected chi connectivity index (χ2v) is 3.59. The number of unbranched alkanes of at least 4 members (excludes halogenated alkanes) is 3. The average molecular weight is 181 g/mol. The summed E-state index contributed by atoms with van der Waals surface area (Å²) < 4.78 is 4.82. The van der Waals surface area contributed by atoms with Gasteiger partial charge in [0.1, 0.15) is 12.6 Å². The molecule has 0 saturated carbocycles. The van der Waals surface area contributed by atoms with Crippen LogP contribution in [0.4, 0.5) is 4.79 Å². The molecule has 0 bridgehead atoms. The van der Waals surface area contributed by atoms with Crippen molar-refractivity contribution >= 4 is 6.09 Å². The van der Waals surface area contributed by atoms with Crippen molar-refractivity contribution in [3.05, 3.63) is 11.8 Å². The van der Waals surface area contributed by atoms with Crippen molar-refractivity contribution < 1.29 is 9.53 Å². The number of amides is 1. The van der Waals surface area contributed by atoms with Gasteiger partial charge in [0.15, 0.2) is 0 Å². The van der Waals surface area contributed by atoms with Crippen LogP contribution in [0.15, 0.2) is 11.8 Å². The van der Waals surface area contributed by atoms with Gasteiger partial charge in [0, 0.05) is 5.70 Å². The molecule has 13 heavy (non-hydrogen) atoms. The summed E-state index contributed by atoms with van der Waals surface area (Å²) in [4.78, 5) is 12.7. The van der Waals surface area contributed by atoms with Crippen LogP contribution in [0.2, 0.25) is 0 Å². The van der Waals surface area contributed by atoms with Crippen LogP contribution in [-0.4, -0.2) is 23.6 Å². The molecular formula is C10H15NO2. The lowest BCUT2D eigenvalue weighted by Gasteiger charge is -1.95. The summed E-state index contributed by atoms with van der Waals surface area (Å²) in [5.41, 5.74) is 1.19. The zero-order valence-electron chi connectivity index (χ0n) is 7.95. The highest BCUT2D eigenvalue weighted by Crippen LogP contribution is 2.39. The van der Waals surface area contributed by atoms with Crippen molar-refractivity contribution in [2.45, 2.75) is 38.6 Å². The quantitative estimate of drug-likeness (QED) is 0.492. The number of cyclic esters (lactones) is 1. The third-order valence-electron chi connectivity index (χ3n) is 2.59. The normalized spacial score (nSPS) is 27.8. The molecule has 0 aliphatic carbocycles. The third kappa shape index (κ3) is 1.55. The Morgan fingerprint density at radius 1 is 1.62 bits per heavy atom. The first kappa shape index (κ1) is 8.60. The Kier molecular flexibility index (Phi) is 2.25. The number of allylic oxidation sites excluding steroid dienone is 1. The molecule has 2 rings (SSSR count). The van der Waals surface area contributed by atoms with E-state index in [0.29, 0.717) is 12.6 Å². The predicted octanol–water partition coefficient (Wildman–Crippen LogP) is 2.29. The number of carbonyl (C=O) groups is 1. The summed E-state index contributed by atoms with van der Waals surface area (Å²) in [6, 6.07) is 0.300. The summed E-state index contributed by atoms with van der Waals surface area (Å²) in [6.07, 6.45) is 6.88. The SMILES string of the molecule is CCCCCC=C1C2COC(=O)N12. The van der Waals surface area contributed by atoms with E-state index in [1.165, 1.54) is 25.0 Å². The van der Waals surface area contributed by atoms with Crippen LogP contribution in [0.1, 0.15) is 32.6 Å². The molecule has 0 radical (unpaired) electrons. The van der Waals surface area contributed by atoms with E-state index in [9.17, 15) is 4.79 Å². The van der Waals surface area contributed by atoms with Gasteiger partial charge in [-0.1, -0.05) is 25.8 Å². The van der Waals surface area contributed by atoms with Gasteiger partial charge in [0.05, 0.1) is 0 Å². The Hall–Kier alpha value is -0.990. The molecule has 0 aromatic rings. The molecule has 1 amide bonds. The van der Waals surface area contributed by atoms with Gasteiger partial charge in [-0.05, 0) is 12.8 Å². The molecular weight excluding hydrogens is 166 g/mol. The lowest BCUT2D eigenvalue weighted by molar-refractivity contribution is 0.163. The summed E-state index contributed by atoms with van der Waals surface area (Å²) in [5, 5.41) is 0. The topological polar surface area (TPSA) is 29.3 Å². The van der Waals surface area contributed by atoms with E-state index in [1.54, 1.807) is 4.90 Å². The van der Waals surface area contributed by atoms with E-state index in [-0.39, 0.29) is 6.09 Å². The summed E-state index contributed by atoms with van der Waals surface area (Å²) >= 11 is 0. The van der Waals surface area contributed by atoms with Gasteiger partial charge < -0.3 is 4.74 Å². The molecule has 2 heterocycles. The second-order valence-electron chi connectivity index (χ2n) is 3.59. The first-order valence-corrected chi connectivity index (χ1v) is 5.00. The summed E-state index contributed by atoms with van der Waals surface area (Å²) in [7, 11) is 0. The van der Waals surface area contributed by atoms with Crippen LogP contribution < -0.4 is 0 Å². The fourth-order valence-electron chi connectivity index (χ4n) is 1.75. The van der Waals surface area contributed by atoms with E-state index in [0.717, 1.165) is 6.42 Å². The van der Waals surface area contributed by atoms with E-state index < -0.39 is 0 Å². The van der Waals surface area contributed by atoms with Crippen molar-refractivity contribution in [3.63, 3.8) is 0 Å². The molecule has 2 aliphatic rings. The number of hydrogen-bond acceptors (Lipinski definition) is 2. The minimum atomic E-state index is -0.160. The van der Waals surface area contributed by atoms with Crippen LogP contribution >= 0.6 is 0 Å². The van der Waals surface area contributed by atoms with Crippen molar-refractivity contribution in [2.75, 3.05) is 6.61 Å². The highest BCUT2D eigenvalue weighted by Gasteiger charge is 2.52. The van der Waals surface area contributed by atoms with Gasteiger partial charge in [-0.15, -0.1) is 0 Å². The van der Waals surface area contributed by atoms with E-state index in [2.05, 4.69) is 13.0 Å². The number of fused-ring (bicyclic) bond motifs is 1. The number of ether oxygens (including phenoxy) is 1. The van der Waals surface area contributed by atoms with Crippen LogP contribution in [0.5, 0.6) is 0 Å². The molecule has 0 aromatic heterocycles. The molecule has 3 nitrogen and oxygen atoms in total. The second kappa shape index (κ2) is 3.40. The first-order valence-electron chi connectivity index (χ1n) is 5.00. The molecule has 2 aliphatic heterocycles. The number of carbonyl (C=O) groups excluding carboxylic acids is 1. The van der Waals surface area contributed by atoms with E-state index >= 15 is 0 Å². The zero-order chi connectivity index (χ0) is 9.26. The molecule has 0 aromatic carbocycles. The van der Waals surface area contributed by atoms with Crippen LogP contribution in [0, 0.1) is 0 Å². The lowest BCUT2D eigenvalue weighted by Crippen LogP contribution is -2.03. The average Bonchev–Trinajstić information content (AvgIpc) is 2.69. The van der Waals surface area contributed by atoms with Crippen molar-refractivity contribution in [1.82, 2.24) is 4.90 Å². The van der Waals surface area contributed by atoms with Gasteiger partial charge in [0.2, 0.25) is 0 Å². The monoisotopic (exact) mass is 181 g/mol. The minimum absolute atomic E-state index is 0.160. The van der Waals surface area contributed by atoms with Crippen molar-refractivity contribution in [3.8, 4) is 0 Å². The molecule has 1 unspecified atom stereocenters. The lowest BCUT2D eigenvalue weighted by atomic mass is 10.2. The fourth-order valence-corrected chi connectivity index (χ4v) is 1.75. The summed E-state index contributed by atoms with van der Waals surface area (Å²) in [6.45, 7) is 2.76. The fraction of sp³-hybridized carbons (Fsp3) is 0.700. The standard InChI is InChI=1S/C10H15NO2/c1-2-3-4-5-6-8-9-7-13-10(12)11(8)9/h6,9H,2-5,7H2,1H3. The Bertz CT molecular complexity index is 247. The zero-order valence-corrected chi connectivity index (χ0v) is 7.95. The molecule has 2 saturated heterocycles. The molecule has 0 spiro atoms. The van der Waals surface area contributed by atoms with Gasteiger partial charge in [-0.3, -0.25) is 4.90 Å². The van der Waals surface area contributed by atoms with Crippen LogP contribution in [0.3, 0.4) is 0 Å². The van der Waals surface area contributed by atoms with Crippen molar-refractivity contribution in [1.29, 1.82) is 0 Å². The highest BCUT2D eigenvalue weighted by molar-refractivity contribution is 5.79. The maximum absolute atomic E-state index is 11.0. The Morgan fingerprint density at radius 3 is 3.08 bits per heavy atom. The maximum atomic E-state index is 11.0. The van der Waals surface area contributed by atoms with Crippen LogP contribution in [-0.2, 0) is 4.74 Å². The molecule has 72 valence electrons. The predicted molar refractivity (Wildman–Crippen MR) is 49.2 cm³/mol. The highest BCUT2D eigenvalue weighted by atomic mass is 16.6. The number of hydrogen-bond donors (Lipinski definition) is 0. The van der Waals surface area contributed by atoms with Gasteiger partial charge >= 0.3 is 6.09 Å². The van der Waals surface area contributed by atoms with E-state index in [4.69, 9.17) is 4.74 Å². The molecule has 2 fully saturated rings. The Balaban J connectivity index is 1.75. The first-order chi connectivity index (χ1) is 6.34. The summed E-state index contributed by atoms with van der Waals surface area (Å²) in [5.74, 6) is 0. The van der Waals surface area contributed by atoms with Crippen LogP contribution in [0.25, 0.3) is 0 Å². The minimum Gasteiger partial charge on any atom is -0.447 e. The largest absolute Gasteiger partial charge is 0.447 e. The molecule has 3 heteroatoms. The molecule has 1 atom stereocenters. The number of nitrogens with zero attached hydrogens (tertiary/aromatic N) is 1. The van der Waals surface area contributed by atoms with E-state index in [1.807, 2.05) is 0 Å². The Labute approximate surface area is 78.4 Å². The smallest absolute Gasteiger partial charge is 0.414 e. The third-order valence-corrected chi connectivity index (χ3v) is 2.59. The van der Waals surface area contributed by atoms with Crippen molar-refractivity contribution in [2.24, 2.45) is 0 Å². The molecule has 0 N–H and O–H groups in total. The number of rotatable bonds is 4. The van der Waals surface area contributed by atoms with Gasteiger partial charge in [-0.2, -0.15) is 0 Å². The van der Waals surface area contributed by atoms with Gasteiger partial charge in [-0.25, -0.2) is 4.79 Å². The Morgan fingerprint density at radius 2 is 2.46 bits per heavy atom.